The molecule has 0 aliphatic rings. The molecule has 0 aliphatic carbocycles. The number of hydrogen-bond acceptors (Lipinski definition) is 5. The van der Waals surface area contributed by atoms with Crippen molar-refractivity contribution in [1.29, 1.82) is 0 Å². The lowest BCUT2D eigenvalue weighted by Gasteiger charge is -2.22. The molecule has 0 aromatic carbocycles. The third-order valence-corrected chi connectivity index (χ3v) is 2.49. The molecule has 1 atom stereocenters. The van der Waals surface area contributed by atoms with Crippen LogP contribution in [0.25, 0.3) is 0 Å². The first-order valence-corrected chi connectivity index (χ1v) is 5.46. The lowest BCUT2D eigenvalue weighted by atomic mass is 10.0. The first kappa shape index (κ1) is 12.7. The molecule has 3 N–H and O–H groups in total. The third-order valence-electron chi connectivity index (χ3n) is 2.49. The summed E-state index contributed by atoms with van der Waals surface area (Å²) < 4.78 is 0. The molecule has 0 spiro atoms. The van der Waals surface area contributed by atoms with E-state index in [-0.39, 0.29) is 0 Å². The number of nitrogens with one attached hydrogen (secondary N) is 2. The standard InChI is InChI=1S/C11H20N4O/c1-5-11(3,16)7-13-9-6-8(2)14-10(12-4)15-9/h6,16H,5,7H2,1-4H3,(H2,12,13,14,15). The van der Waals surface area contributed by atoms with Gasteiger partial charge in [0.1, 0.15) is 5.82 Å². The van der Waals surface area contributed by atoms with Gasteiger partial charge in [-0.05, 0) is 20.3 Å². The molecule has 0 aliphatic heterocycles. The summed E-state index contributed by atoms with van der Waals surface area (Å²) in [5.41, 5.74) is 0.177. The lowest BCUT2D eigenvalue weighted by molar-refractivity contribution is 0.0696. The molecule has 16 heavy (non-hydrogen) atoms. The number of rotatable bonds is 5. The second-order valence-electron chi connectivity index (χ2n) is 4.17. The fourth-order valence-corrected chi connectivity index (χ4v) is 1.18. The number of aliphatic hydroxyl groups is 1. The lowest BCUT2D eigenvalue weighted by Crippen LogP contribution is -2.32. The van der Waals surface area contributed by atoms with Gasteiger partial charge in [0, 0.05) is 25.4 Å². The van der Waals surface area contributed by atoms with E-state index in [1.807, 2.05) is 19.9 Å². The van der Waals surface area contributed by atoms with Crippen LogP contribution in [0.5, 0.6) is 0 Å². The summed E-state index contributed by atoms with van der Waals surface area (Å²) >= 11 is 0. The van der Waals surface area contributed by atoms with Gasteiger partial charge < -0.3 is 15.7 Å². The van der Waals surface area contributed by atoms with Gasteiger partial charge in [0.25, 0.3) is 0 Å². The van der Waals surface area contributed by atoms with Crippen molar-refractivity contribution >= 4 is 11.8 Å². The smallest absolute Gasteiger partial charge is 0.224 e. The Morgan fingerprint density at radius 3 is 2.69 bits per heavy atom. The Morgan fingerprint density at radius 2 is 2.12 bits per heavy atom. The van der Waals surface area contributed by atoms with Crippen LogP contribution in [-0.4, -0.2) is 34.3 Å². The van der Waals surface area contributed by atoms with Gasteiger partial charge in [-0.3, -0.25) is 0 Å². The number of nitrogens with zero attached hydrogens (tertiary/aromatic N) is 2. The van der Waals surface area contributed by atoms with Crippen molar-refractivity contribution in [3.63, 3.8) is 0 Å². The molecular formula is C11H20N4O. The number of anilines is 2. The SMILES string of the molecule is CCC(C)(O)CNc1cc(C)nc(NC)n1. The van der Waals surface area contributed by atoms with Gasteiger partial charge in [-0.2, -0.15) is 4.98 Å². The zero-order chi connectivity index (χ0) is 12.2. The largest absolute Gasteiger partial charge is 0.388 e. The van der Waals surface area contributed by atoms with Gasteiger partial charge in [0.05, 0.1) is 5.60 Å². The van der Waals surface area contributed by atoms with E-state index in [0.29, 0.717) is 18.9 Å². The van der Waals surface area contributed by atoms with E-state index < -0.39 is 5.60 Å². The van der Waals surface area contributed by atoms with Crippen LogP contribution in [0.15, 0.2) is 6.07 Å². The fourth-order valence-electron chi connectivity index (χ4n) is 1.18. The average Bonchev–Trinajstić information content (AvgIpc) is 2.26. The Morgan fingerprint density at radius 1 is 1.44 bits per heavy atom. The summed E-state index contributed by atoms with van der Waals surface area (Å²) in [5, 5.41) is 15.9. The van der Waals surface area contributed by atoms with E-state index in [0.717, 1.165) is 11.5 Å². The van der Waals surface area contributed by atoms with Crippen molar-refractivity contribution in [3.8, 4) is 0 Å². The molecule has 0 bridgehead atoms. The summed E-state index contributed by atoms with van der Waals surface area (Å²) in [6, 6.07) is 1.85. The van der Waals surface area contributed by atoms with E-state index >= 15 is 0 Å². The molecule has 1 rings (SSSR count). The normalized spacial score (nSPS) is 14.3. The van der Waals surface area contributed by atoms with Gasteiger partial charge in [-0.15, -0.1) is 0 Å². The molecular weight excluding hydrogens is 204 g/mol. The first-order valence-electron chi connectivity index (χ1n) is 5.46. The van der Waals surface area contributed by atoms with Gasteiger partial charge in [0.2, 0.25) is 5.95 Å². The van der Waals surface area contributed by atoms with E-state index in [2.05, 4.69) is 20.6 Å². The Labute approximate surface area is 96.3 Å². The molecule has 1 heterocycles. The Balaban J connectivity index is 2.70. The highest BCUT2D eigenvalue weighted by molar-refractivity contribution is 5.42. The zero-order valence-electron chi connectivity index (χ0n) is 10.3. The number of aryl methyl sites for hydroxylation is 1. The summed E-state index contributed by atoms with van der Waals surface area (Å²) in [7, 11) is 1.78. The second kappa shape index (κ2) is 5.12. The fraction of sp³-hybridized carbons (Fsp3) is 0.636. The van der Waals surface area contributed by atoms with Crippen molar-refractivity contribution in [3.05, 3.63) is 11.8 Å². The topological polar surface area (TPSA) is 70.1 Å². The number of hydrogen-bond donors (Lipinski definition) is 3. The van der Waals surface area contributed by atoms with Crippen LogP contribution >= 0.6 is 0 Å². The summed E-state index contributed by atoms with van der Waals surface area (Å²) in [6.07, 6.45) is 0.697. The molecule has 0 fully saturated rings. The highest BCUT2D eigenvalue weighted by Gasteiger charge is 2.17. The van der Waals surface area contributed by atoms with E-state index in [4.69, 9.17) is 0 Å². The van der Waals surface area contributed by atoms with E-state index in [9.17, 15) is 5.11 Å². The zero-order valence-corrected chi connectivity index (χ0v) is 10.3. The second-order valence-corrected chi connectivity index (χ2v) is 4.17. The van der Waals surface area contributed by atoms with Gasteiger partial charge in [-0.25, -0.2) is 4.98 Å². The molecule has 5 nitrogen and oxygen atoms in total. The monoisotopic (exact) mass is 224 g/mol. The van der Waals surface area contributed by atoms with E-state index in [1.54, 1.807) is 14.0 Å². The minimum Gasteiger partial charge on any atom is -0.388 e. The van der Waals surface area contributed by atoms with Crippen LogP contribution in [0.1, 0.15) is 26.0 Å². The molecule has 5 heteroatoms. The van der Waals surface area contributed by atoms with Crippen molar-refractivity contribution in [2.45, 2.75) is 32.8 Å². The molecule has 0 amide bonds. The summed E-state index contributed by atoms with van der Waals surface area (Å²) in [5.74, 6) is 1.31. The first-order chi connectivity index (χ1) is 7.46. The van der Waals surface area contributed by atoms with Gasteiger partial charge in [-0.1, -0.05) is 6.92 Å². The van der Waals surface area contributed by atoms with Crippen molar-refractivity contribution in [1.82, 2.24) is 9.97 Å². The molecule has 1 unspecified atom stereocenters. The molecule has 90 valence electrons. The third kappa shape index (κ3) is 3.66. The van der Waals surface area contributed by atoms with Gasteiger partial charge in [0.15, 0.2) is 0 Å². The minimum absolute atomic E-state index is 0.475. The molecule has 1 aromatic rings. The summed E-state index contributed by atoms with van der Waals surface area (Å²) in [4.78, 5) is 8.44. The van der Waals surface area contributed by atoms with Crippen molar-refractivity contribution in [2.24, 2.45) is 0 Å². The molecule has 1 aromatic heterocycles. The summed E-state index contributed by atoms with van der Waals surface area (Å²) in [6.45, 7) is 6.13. The molecule has 0 radical (unpaired) electrons. The maximum atomic E-state index is 9.86. The van der Waals surface area contributed by atoms with Crippen LogP contribution in [0.3, 0.4) is 0 Å². The molecule has 0 saturated carbocycles. The van der Waals surface area contributed by atoms with Gasteiger partial charge >= 0.3 is 0 Å². The van der Waals surface area contributed by atoms with Crippen LogP contribution in [-0.2, 0) is 0 Å². The Kier molecular flexibility index (Phi) is 4.06. The van der Waals surface area contributed by atoms with Crippen molar-refractivity contribution < 1.29 is 5.11 Å². The average molecular weight is 224 g/mol. The quantitative estimate of drug-likeness (QED) is 0.705. The minimum atomic E-state index is -0.710. The maximum Gasteiger partial charge on any atom is 0.224 e. The Hall–Kier alpha value is -1.36. The predicted octanol–water partition coefficient (Wildman–Crippen LogP) is 1.40. The Bertz CT molecular complexity index is 352. The highest BCUT2D eigenvalue weighted by Crippen LogP contribution is 2.12. The highest BCUT2D eigenvalue weighted by atomic mass is 16.3. The number of aromatic nitrogens is 2. The molecule has 0 saturated heterocycles. The van der Waals surface area contributed by atoms with Crippen LogP contribution < -0.4 is 10.6 Å². The van der Waals surface area contributed by atoms with Crippen LogP contribution in [0.2, 0.25) is 0 Å². The maximum absolute atomic E-state index is 9.86. The van der Waals surface area contributed by atoms with Crippen LogP contribution in [0, 0.1) is 6.92 Å². The van der Waals surface area contributed by atoms with E-state index in [1.165, 1.54) is 0 Å². The van der Waals surface area contributed by atoms with Crippen molar-refractivity contribution in [2.75, 3.05) is 24.2 Å². The van der Waals surface area contributed by atoms with Crippen LogP contribution in [0.4, 0.5) is 11.8 Å². The predicted molar refractivity (Wildman–Crippen MR) is 65.7 cm³/mol.